The van der Waals surface area contributed by atoms with Crippen LogP contribution in [-0.2, 0) is 11.2 Å². The van der Waals surface area contributed by atoms with Crippen molar-refractivity contribution in [1.29, 1.82) is 0 Å². The third-order valence-electron chi connectivity index (χ3n) is 5.30. The van der Waals surface area contributed by atoms with Crippen LogP contribution in [0.4, 0.5) is 4.39 Å². The molecule has 1 fully saturated rings. The van der Waals surface area contributed by atoms with Crippen LogP contribution in [0.25, 0.3) is 10.1 Å². The standard InChI is InChI=1S/C22H23FO3S/c1-13-8-19(25)20(12-24)26-22(13)15-6-7-18(23)16(9-15)11-17-10-14-4-2-3-5-21(14)27-17/h2-7,9-10,13,19-20,22,24-25H,8,11-12H2,1H3. The summed E-state index contributed by atoms with van der Waals surface area (Å²) in [4.78, 5) is 1.12. The molecular weight excluding hydrogens is 363 g/mol. The molecule has 0 aliphatic carbocycles. The van der Waals surface area contributed by atoms with E-state index in [1.807, 2.05) is 25.1 Å². The van der Waals surface area contributed by atoms with Crippen LogP contribution in [0.2, 0.25) is 0 Å². The van der Waals surface area contributed by atoms with Gasteiger partial charge in [-0.05, 0) is 53.1 Å². The van der Waals surface area contributed by atoms with E-state index in [0.717, 1.165) is 10.4 Å². The summed E-state index contributed by atoms with van der Waals surface area (Å²) in [6.45, 7) is 1.79. The molecule has 0 bridgehead atoms. The van der Waals surface area contributed by atoms with Gasteiger partial charge in [-0.25, -0.2) is 4.39 Å². The lowest BCUT2D eigenvalue weighted by molar-refractivity contribution is -0.157. The lowest BCUT2D eigenvalue weighted by Gasteiger charge is -2.37. The van der Waals surface area contributed by atoms with Crippen molar-refractivity contribution >= 4 is 21.4 Å². The fraction of sp³-hybridized carbons (Fsp3) is 0.364. The summed E-state index contributed by atoms with van der Waals surface area (Å²) in [5, 5.41) is 20.6. The van der Waals surface area contributed by atoms with Gasteiger partial charge in [-0.1, -0.05) is 31.2 Å². The predicted molar refractivity (Wildman–Crippen MR) is 106 cm³/mol. The molecule has 3 aromatic rings. The van der Waals surface area contributed by atoms with E-state index in [9.17, 15) is 14.6 Å². The summed E-state index contributed by atoms with van der Waals surface area (Å²) in [5.41, 5.74) is 1.53. The smallest absolute Gasteiger partial charge is 0.126 e. The summed E-state index contributed by atoms with van der Waals surface area (Å²) in [7, 11) is 0. The number of thiophene rings is 1. The Kier molecular flexibility index (Phi) is 5.28. The average Bonchev–Trinajstić information content (AvgIpc) is 3.06. The third kappa shape index (κ3) is 3.78. The Morgan fingerprint density at radius 3 is 2.78 bits per heavy atom. The highest BCUT2D eigenvalue weighted by Crippen LogP contribution is 2.37. The minimum Gasteiger partial charge on any atom is -0.394 e. The van der Waals surface area contributed by atoms with Gasteiger partial charge in [-0.3, -0.25) is 0 Å². The van der Waals surface area contributed by atoms with Gasteiger partial charge in [0, 0.05) is 16.0 Å². The largest absolute Gasteiger partial charge is 0.394 e. The third-order valence-corrected chi connectivity index (χ3v) is 6.42. The van der Waals surface area contributed by atoms with E-state index < -0.39 is 12.2 Å². The van der Waals surface area contributed by atoms with Crippen molar-refractivity contribution in [2.24, 2.45) is 5.92 Å². The van der Waals surface area contributed by atoms with Gasteiger partial charge in [0.1, 0.15) is 11.9 Å². The number of aliphatic hydroxyl groups is 2. The van der Waals surface area contributed by atoms with Gasteiger partial charge in [-0.2, -0.15) is 0 Å². The average molecular weight is 386 g/mol. The molecule has 4 unspecified atom stereocenters. The van der Waals surface area contributed by atoms with Crippen LogP contribution in [0.1, 0.15) is 35.5 Å². The van der Waals surface area contributed by atoms with Crippen LogP contribution in [0.3, 0.4) is 0 Å². The maximum atomic E-state index is 14.5. The molecule has 2 N–H and O–H groups in total. The van der Waals surface area contributed by atoms with E-state index in [-0.39, 0.29) is 24.4 Å². The summed E-state index contributed by atoms with van der Waals surface area (Å²) < 4.78 is 21.6. The van der Waals surface area contributed by atoms with Gasteiger partial charge in [-0.15, -0.1) is 11.3 Å². The number of aliphatic hydroxyl groups excluding tert-OH is 2. The number of hydrogen-bond donors (Lipinski definition) is 2. The lowest BCUT2D eigenvalue weighted by atomic mass is 9.86. The second-order valence-corrected chi connectivity index (χ2v) is 8.50. The molecule has 2 aromatic carbocycles. The van der Waals surface area contributed by atoms with Crippen molar-refractivity contribution in [2.75, 3.05) is 6.61 Å². The first-order valence-corrected chi connectivity index (χ1v) is 10.1. The first kappa shape index (κ1) is 18.6. The molecule has 27 heavy (non-hydrogen) atoms. The van der Waals surface area contributed by atoms with Gasteiger partial charge in [0.05, 0.1) is 18.8 Å². The highest BCUT2D eigenvalue weighted by molar-refractivity contribution is 7.19. The SMILES string of the molecule is CC1CC(O)C(CO)OC1c1ccc(F)c(Cc2cc3ccccc3s2)c1. The van der Waals surface area contributed by atoms with E-state index >= 15 is 0 Å². The zero-order chi connectivity index (χ0) is 19.0. The summed E-state index contributed by atoms with van der Waals surface area (Å²) in [5.74, 6) is -0.135. The van der Waals surface area contributed by atoms with E-state index in [1.165, 1.54) is 16.2 Å². The first-order chi connectivity index (χ1) is 13.0. The van der Waals surface area contributed by atoms with E-state index in [1.54, 1.807) is 17.4 Å². The van der Waals surface area contributed by atoms with Crippen molar-refractivity contribution in [3.05, 3.63) is 70.4 Å². The van der Waals surface area contributed by atoms with Crippen molar-refractivity contribution in [2.45, 2.75) is 38.1 Å². The molecule has 5 heteroatoms. The summed E-state index contributed by atoms with van der Waals surface area (Å²) >= 11 is 1.68. The Morgan fingerprint density at radius 1 is 1.19 bits per heavy atom. The van der Waals surface area contributed by atoms with E-state index in [4.69, 9.17) is 4.74 Å². The van der Waals surface area contributed by atoms with Crippen molar-refractivity contribution in [3.63, 3.8) is 0 Å². The number of fused-ring (bicyclic) bond motifs is 1. The van der Waals surface area contributed by atoms with Crippen molar-refractivity contribution in [1.82, 2.24) is 0 Å². The van der Waals surface area contributed by atoms with Crippen LogP contribution in [-0.4, -0.2) is 29.0 Å². The molecule has 0 saturated carbocycles. The molecule has 1 saturated heterocycles. The van der Waals surface area contributed by atoms with E-state index in [2.05, 4.69) is 18.2 Å². The van der Waals surface area contributed by atoms with Gasteiger partial charge in [0.15, 0.2) is 0 Å². The Bertz CT molecular complexity index is 905. The molecule has 2 heterocycles. The Morgan fingerprint density at radius 2 is 2.00 bits per heavy atom. The van der Waals surface area contributed by atoms with Crippen LogP contribution < -0.4 is 0 Å². The molecule has 4 atom stereocenters. The molecule has 0 amide bonds. The first-order valence-electron chi connectivity index (χ1n) is 9.25. The summed E-state index contributed by atoms with van der Waals surface area (Å²) in [6.07, 6.45) is -0.431. The van der Waals surface area contributed by atoms with Crippen molar-refractivity contribution in [3.8, 4) is 0 Å². The Hall–Kier alpha value is -1.79. The molecule has 4 rings (SSSR count). The molecule has 1 aliphatic rings. The summed E-state index contributed by atoms with van der Waals surface area (Å²) in [6, 6.07) is 15.4. The highest BCUT2D eigenvalue weighted by Gasteiger charge is 2.35. The topological polar surface area (TPSA) is 49.7 Å². The van der Waals surface area contributed by atoms with Crippen LogP contribution in [0.5, 0.6) is 0 Å². The zero-order valence-electron chi connectivity index (χ0n) is 15.1. The highest BCUT2D eigenvalue weighted by atomic mass is 32.1. The molecule has 1 aromatic heterocycles. The second kappa shape index (κ2) is 7.68. The maximum absolute atomic E-state index is 14.5. The van der Waals surface area contributed by atoms with Crippen molar-refractivity contribution < 1.29 is 19.3 Å². The molecule has 1 aliphatic heterocycles. The monoisotopic (exact) mass is 386 g/mol. The number of hydrogen-bond acceptors (Lipinski definition) is 4. The quantitative estimate of drug-likeness (QED) is 0.696. The van der Waals surface area contributed by atoms with Crippen LogP contribution in [0, 0.1) is 11.7 Å². The number of ether oxygens (including phenoxy) is 1. The second-order valence-electron chi connectivity index (χ2n) is 7.34. The van der Waals surface area contributed by atoms with Gasteiger partial charge < -0.3 is 14.9 Å². The molecule has 0 radical (unpaired) electrons. The van der Waals surface area contributed by atoms with Crippen LogP contribution >= 0.6 is 11.3 Å². The number of rotatable bonds is 4. The fourth-order valence-corrected chi connectivity index (χ4v) is 4.95. The minimum atomic E-state index is -0.667. The predicted octanol–water partition coefficient (Wildman–Crippen LogP) is 4.45. The zero-order valence-corrected chi connectivity index (χ0v) is 16.0. The molecular formula is C22H23FO3S. The fourth-order valence-electron chi connectivity index (χ4n) is 3.86. The van der Waals surface area contributed by atoms with E-state index in [0.29, 0.717) is 18.4 Å². The van der Waals surface area contributed by atoms with Gasteiger partial charge in [0.2, 0.25) is 0 Å². The minimum absolute atomic E-state index is 0.0884. The molecule has 3 nitrogen and oxygen atoms in total. The maximum Gasteiger partial charge on any atom is 0.126 e. The number of benzene rings is 2. The normalized spacial score (nSPS) is 25.8. The van der Waals surface area contributed by atoms with Crippen LogP contribution in [0.15, 0.2) is 48.5 Å². The Labute approximate surface area is 162 Å². The number of halogens is 1. The van der Waals surface area contributed by atoms with Gasteiger partial charge >= 0.3 is 0 Å². The Balaban J connectivity index is 1.61. The lowest BCUT2D eigenvalue weighted by Crippen LogP contribution is -2.41. The molecule has 0 spiro atoms. The van der Waals surface area contributed by atoms with Gasteiger partial charge in [0.25, 0.3) is 0 Å². The molecule has 142 valence electrons.